The molecular weight excluding hydrogens is 250 g/mol. The van der Waals surface area contributed by atoms with E-state index in [0.29, 0.717) is 5.56 Å². The van der Waals surface area contributed by atoms with Crippen molar-refractivity contribution in [1.29, 1.82) is 0 Å². The fourth-order valence-corrected chi connectivity index (χ4v) is 2.03. The van der Waals surface area contributed by atoms with Crippen LogP contribution in [0.3, 0.4) is 0 Å². The molecule has 19 heavy (non-hydrogen) atoms. The van der Waals surface area contributed by atoms with E-state index < -0.39 is 11.0 Å². The zero-order chi connectivity index (χ0) is 14.2. The Balaban J connectivity index is 2.32. The van der Waals surface area contributed by atoms with Crippen LogP contribution in [0.15, 0.2) is 18.2 Å². The maximum atomic E-state index is 11.8. The number of nitrogens with one attached hydrogen (secondary N) is 1. The number of likely N-dealkylation sites (N-methyl/N-ethyl adjacent to an activating group) is 1. The summed E-state index contributed by atoms with van der Waals surface area (Å²) in [6.07, 6.45) is 0.0147. The molecule has 1 atom stereocenters. The molecule has 1 unspecified atom stereocenters. The molecule has 0 saturated carbocycles. The van der Waals surface area contributed by atoms with Gasteiger partial charge in [-0.25, -0.2) is 0 Å². The molecule has 0 spiro atoms. The fourth-order valence-electron chi connectivity index (χ4n) is 2.03. The second-order valence-electron chi connectivity index (χ2n) is 4.42. The molecule has 1 N–H and O–H groups in total. The first-order valence-corrected chi connectivity index (χ1v) is 5.72. The number of imide groups is 1. The number of nitro groups is 1. The van der Waals surface area contributed by atoms with Crippen LogP contribution in [0.5, 0.6) is 0 Å². The molecule has 1 aliphatic rings. The Hall–Kier alpha value is -2.44. The van der Waals surface area contributed by atoms with E-state index in [0.717, 1.165) is 4.90 Å². The molecule has 0 radical (unpaired) electrons. The van der Waals surface area contributed by atoms with Gasteiger partial charge in [0, 0.05) is 13.1 Å². The Morgan fingerprint density at radius 3 is 2.63 bits per heavy atom. The molecule has 1 saturated heterocycles. The van der Waals surface area contributed by atoms with Crippen molar-refractivity contribution in [3.8, 4) is 0 Å². The van der Waals surface area contributed by atoms with Gasteiger partial charge < -0.3 is 5.32 Å². The Bertz CT molecular complexity index is 570. The van der Waals surface area contributed by atoms with E-state index in [2.05, 4.69) is 5.32 Å². The Kier molecular flexibility index (Phi) is 3.20. The number of carbonyl (C=O) groups excluding carboxylic acids is 2. The van der Waals surface area contributed by atoms with Gasteiger partial charge in [-0.1, -0.05) is 12.1 Å². The summed E-state index contributed by atoms with van der Waals surface area (Å²) in [5, 5.41) is 13.8. The van der Waals surface area contributed by atoms with E-state index in [1.54, 1.807) is 19.1 Å². The van der Waals surface area contributed by atoms with Crippen LogP contribution in [0, 0.1) is 17.0 Å². The third kappa shape index (κ3) is 2.26. The summed E-state index contributed by atoms with van der Waals surface area (Å²) >= 11 is 0. The Morgan fingerprint density at radius 1 is 1.42 bits per heavy atom. The quantitative estimate of drug-likeness (QED) is 0.500. The predicted molar refractivity (Wildman–Crippen MR) is 67.6 cm³/mol. The molecule has 1 aliphatic heterocycles. The number of nitrogens with zero attached hydrogens (tertiary/aromatic N) is 2. The number of likely N-dealkylation sites (tertiary alicyclic amines) is 1. The topological polar surface area (TPSA) is 92.6 Å². The first-order chi connectivity index (χ1) is 8.91. The lowest BCUT2D eigenvalue weighted by Crippen LogP contribution is -2.32. The SMILES string of the molecule is Cc1cccc([N+](=O)[O-])c1NC1CC(=O)N(C)C1=O. The van der Waals surface area contributed by atoms with E-state index >= 15 is 0 Å². The summed E-state index contributed by atoms with van der Waals surface area (Å²) in [5.74, 6) is -0.665. The first kappa shape index (κ1) is 13.0. The van der Waals surface area contributed by atoms with Crippen LogP contribution in [-0.4, -0.2) is 34.7 Å². The number of amides is 2. The van der Waals surface area contributed by atoms with Crippen LogP contribution in [0.1, 0.15) is 12.0 Å². The highest BCUT2D eigenvalue weighted by Gasteiger charge is 2.37. The molecule has 7 nitrogen and oxygen atoms in total. The number of carbonyl (C=O) groups is 2. The van der Waals surface area contributed by atoms with E-state index in [9.17, 15) is 19.7 Å². The summed E-state index contributed by atoms with van der Waals surface area (Å²) in [6.45, 7) is 1.71. The minimum Gasteiger partial charge on any atom is -0.367 e. The zero-order valence-electron chi connectivity index (χ0n) is 10.5. The van der Waals surface area contributed by atoms with Crippen LogP contribution < -0.4 is 5.32 Å². The van der Waals surface area contributed by atoms with Gasteiger partial charge in [-0.05, 0) is 12.5 Å². The van der Waals surface area contributed by atoms with Crippen LogP contribution >= 0.6 is 0 Å². The number of benzene rings is 1. The molecule has 7 heteroatoms. The van der Waals surface area contributed by atoms with Gasteiger partial charge in [0.1, 0.15) is 11.7 Å². The molecule has 1 aromatic rings. The highest BCUT2D eigenvalue weighted by molar-refractivity contribution is 6.06. The lowest BCUT2D eigenvalue weighted by molar-refractivity contribution is -0.384. The maximum Gasteiger partial charge on any atom is 0.292 e. The highest BCUT2D eigenvalue weighted by Crippen LogP contribution is 2.29. The van der Waals surface area contributed by atoms with Gasteiger partial charge >= 0.3 is 0 Å². The number of hydrogen-bond acceptors (Lipinski definition) is 5. The smallest absolute Gasteiger partial charge is 0.292 e. The van der Waals surface area contributed by atoms with Crippen molar-refractivity contribution in [2.24, 2.45) is 0 Å². The monoisotopic (exact) mass is 263 g/mol. The maximum absolute atomic E-state index is 11.8. The summed E-state index contributed by atoms with van der Waals surface area (Å²) in [4.78, 5) is 34.7. The van der Waals surface area contributed by atoms with Crippen LogP contribution in [-0.2, 0) is 9.59 Å². The number of hydrogen-bond donors (Lipinski definition) is 1. The van der Waals surface area contributed by atoms with Crippen molar-refractivity contribution in [2.45, 2.75) is 19.4 Å². The Labute approximate surface area is 109 Å². The molecule has 2 rings (SSSR count). The number of aryl methyl sites for hydroxylation is 1. The van der Waals surface area contributed by atoms with Gasteiger partial charge in [0.2, 0.25) is 5.91 Å². The van der Waals surface area contributed by atoms with Gasteiger partial charge in [-0.15, -0.1) is 0 Å². The summed E-state index contributed by atoms with van der Waals surface area (Å²) < 4.78 is 0. The third-order valence-corrected chi connectivity index (χ3v) is 3.15. The van der Waals surface area contributed by atoms with Crippen LogP contribution in [0.4, 0.5) is 11.4 Å². The number of nitro benzene ring substituents is 1. The minimum atomic E-state index is -0.739. The number of rotatable bonds is 3. The molecule has 2 amide bonds. The van der Waals surface area contributed by atoms with Crippen LogP contribution in [0.25, 0.3) is 0 Å². The average Bonchev–Trinajstić information content (AvgIpc) is 2.59. The summed E-state index contributed by atoms with van der Waals surface area (Å²) in [6, 6.07) is 3.91. The van der Waals surface area contributed by atoms with Crippen molar-refractivity contribution in [1.82, 2.24) is 4.90 Å². The lowest BCUT2D eigenvalue weighted by Gasteiger charge is -2.14. The average molecular weight is 263 g/mol. The second kappa shape index (κ2) is 4.68. The first-order valence-electron chi connectivity index (χ1n) is 5.72. The lowest BCUT2D eigenvalue weighted by atomic mass is 10.1. The van der Waals surface area contributed by atoms with Crippen molar-refractivity contribution < 1.29 is 14.5 Å². The van der Waals surface area contributed by atoms with Crippen molar-refractivity contribution in [2.75, 3.05) is 12.4 Å². The molecule has 1 fully saturated rings. The van der Waals surface area contributed by atoms with Gasteiger partial charge in [-0.3, -0.25) is 24.6 Å². The molecule has 0 bridgehead atoms. The highest BCUT2D eigenvalue weighted by atomic mass is 16.6. The molecule has 0 aromatic heterocycles. The van der Waals surface area contributed by atoms with Gasteiger partial charge in [0.15, 0.2) is 0 Å². The summed E-state index contributed by atoms with van der Waals surface area (Å²) in [5.41, 5.74) is 0.841. The fraction of sp³-hybridized carbons (Fsp3) is 0.333. The van der Waals surface area contributed by atoms with E-state index in [1.165, 1.54) is 13.1 Å². The molecule has 1 aromatic carbocycles. The Morgan fingerprint density at radius 2 is 2.11 bits per heavy atom. The van der Waals surface area contributed by atoms with Crippen molar-refractivity contribution in [3.63, 3.8) is 0 Å². The van der Waals surface area contributed by atoms with Gasteiger partial charge in [-0.2, -0.15) is 0 Å². The van der Waals surface area contributed by atoms with Crippen molar-refractivity contribution >= 4 is 23.2 Å². The summed E-state index contributed by atoms with van der Waals surface area (Å²) in [7, 11) is 1.40. The molecular formula is C12H13N3O4. The van der Waals surface area contributed by atoms with Crippen molar-refractivity contribution in [3.05, 3.63) is 33.9 Å². The standard InChI is InChI=1S/C12H13N3O4/c1-7-4-3-5-9(15(18)19)11(7)13-8-6-10(16)14(2)12(8)17/h3-5,8,13H,6H2,1-2H3. The second-order valence-corrected chi connectivity index (χ2v) is 4.42. The largest absolute Gasteiger partial charge is 0.367 e. The zero-order valence-corrected chi connectivity index (χ0v) is 10.5. The molecule has 1 heterocycles. The van der Waals surface area contributed by atoms with E-state index in [-0.39, 0.29) is 29.6 Å². The van der Waals surface area contributed by atoms with E-state index in [4.69, 9.17) is 0 Å². The number of para-hydroxylation sites is 1. The van der Waals surface area contributed by atoms with E-state index in [1.807, 2.05) is 0 Å². The predicted octanol–water partition coefficient (Wildman–Crippen LogP) is 1.07. The molecule has 0 aliphatic carbocycles. The van der Waals surface area contributed by atoms with Gasteiger partial charge in [0.05, 0.1) is 11.3 Å². The van der Waals surface area contributed by atoms with Crippen LogP contribution in [0.2, 0.25) is 0 Å². The minimum absolute atomic E-state index is 0.0147. The molecule has 100 valence electrons. The third-order valence-electron chi connectivity index (χ3n) is 3.15. The normalized spacial score (nSPS) is 18.8. The van der Waals surface area contributed by atoms with Gasteiger partial charge in [0.25, 0.3) is 11.6 Å². The number of anilines is 1.